The van der Waals surface area contributed by atoms with E-state index in [2.05, 4.69) is 10.4 Å². The number of fused-ring (bicyclic) bond motifs is 1. The molecular weight excluding hydrogens is 448 g/mol. The van der Waals surface area contributed by atoms with Crippen LogP contribution in [0.15, 0.2) is 54.7 Å². The van der Waals surface area contributed by atoms with E-state index in [0.29, 0.717) is 35.0 Å². The largest absolute Gasteiger partial charge is 0.494 e. The standard InChI is InChI=1S/C26H26N4O5/c1-5-34-18-12-10-17(11-13-18)25(31)29-24-20(26(32)35-6-2)15-27-30(24)22-14-16(3)19-8-7-9-21(33-4)23(19)28-22/h7-15H,5-6H2,1-4H3,(H,29,31). The van der Waals surface area contributed by atoms with Crippen molar-refractivity contribution >= 4 is 28.6 Å². The molecule has 0 atom stereocenters. The van der Waals surface area contributed by atoms with Crippen molar-refractivity contribution in [3.8, 4) is 17.3 Å². The van der Waals surface area contributed by atoms with Gasteiger partial charge in [0.2, 0.25) is 0 Å². The number of anilines is 1. The van der Waals surface area contributed by atoms with Crippen molar-refractivity contribution in [1.82, 2.24) is 14.8 Å². The molecular formula is C26H26N4O5. The highest BCUT2D eigenvalue weighted by atomic mass is 16.5. The van der Waals surface area contributed by atoms with Crippen molar-refractivity contribution in [2.45, 2.75) is 20.8 Å². The number of nitrogens with one attached hydrogen (secondary N) is 1. The quantitative estimate of drug-likeness (QED) is 0.373. The zero-order chi connectivity index (χ0) is 24.9. The summed E-state index contributed by atoms with van der Waals surface area (Å²) >= 11 is 0. The van der Waals surface area contributed by atoms with Gasteiger partial charge in [-0.05, 0) is 62.7 Å². The first kappa shape index (κ1) is 23.7. The van der Waals surface area contributed by atoms with Gasteiger partial charge in [-0.15, -0.1) is 0 Å². The maximum atomic E-state index is 13.1. The lowest BCUT2D eigenvalue weighted by atomic mass is 10.1. The molecule has 2 aromatic heterocycles. The van der Waals surface area contributed by atoms with Crippen LogP contribution in [-0.4, -0.2) is 47.0 Å². The summed E-state index contributed by atoms with van der Waals surface area (Å²) in [6, 6.07) is 14.2. The molecule has 35 heavy (non-hydrogen) atoms. The molecule has 180 valence electrons. The number of para-hydroxylation sites is 1. The van der Waals surface area contributed by atoms with Crippen molar-refractivity contribution in [2.75, 3.05) is 25.6 Å². The summed E-state index contributed by atoms with van der Waals surface area (Å²) in [5.41, 5.74) is 2.08. The first-order chi connectivity index (χ1) is 17.0. The van der Waals surface area contributed by atoms with E-state index in [1.807, 2.05) is 38.1 Å². The second kappa shape index (κ2) is 10.3. The number of rotatable bonds is 8. The van der Waals surface area contributed by atoms with Crippen molar-refractivity contribution in [3.05, 3.63) is 71.4 Å². The minimum atomic E-state index is -0.601. The molecule has 2 aromatic carbocycles. The Morgan fingerprint density at radius 1 is 1.06 bits per heavy atom. The van der Waals surface area contributed by atoms with Gasteiger partial charge in [-0.3, -0.25) is 4.79 Å². The summed E-state index contributed by atoms with van der Waals surface area (Å²) in [7, 11) is 1.58. The molecule has 0 bridgehead atoms. The molecule has 4 rings (SSSR count). The van der Waals surface area contributed by atoms with Crippen LogP contribution in [0.3, 0.4) is 0 Å². The number of methoxy groups -OCH3 is 1. The van der Waals surface area contributed by atoms with E-state index in [0.717, 1.165) is 10.9 Å². The average molecular weight is 475 g/mol. The second-order valence-electron chi connectivity index (χ2n) is 7.60. The lowest BCUT2D eigenvalue weighted by molar-refractivity contribution is 0.0527. The van der Waals surface area contributed by atoms with Crippen molar-refractivity contribution in [1.29, 1.82) is 0 Å². The van der Waals surface area contributed by atoms with Gasteiger partial charge in [0.05, 0.1) is 26.5 Å². The Hall–Kier alpha value is -4.40. The zero-order valence-corrected chi connectivity index (χ0v) is 20.0. The van der Waals surface area contributed by atoms with E-state index in [4.69, 9.17) is 19.2 Å². The highest BCUT2D eigenvalue weighted by Crippen LogP contribution is 2.29. The Bertz CT molecular complexity index is 1380. The van der Waals surface area contributed by atoms with E-state index >= 15 is 0 Å². The number of ether oxygens (including phenoxy) is 3. The Kier molecular flexibility index (Phi) is 6.96. The van der Waals surface area contributed by atoms with E-state index in [9.17, 15) is 9.59 Å². The molecule has 4 aromatic rings. The summed E-state index contributed by atoms with van der Waals surface area (Å²) in [5.74, 6) is 0.808. The van der Waals surface area contributed by atoms with E-state index in [-0.39, 0.29) is 18.0 Å². The third-order valence-corrected chi connectivity index (χ3v) is 5.36. The van der Waals surface area contributed by atoms with Gasteiger partial charge in [0.25, 0.3) is 5.91 Å². The number of carbonyl (C=O) groups is 2. The molecule has 0 aliphatic carbocycles. The summed E-state index contributed by atoms with van der Waals surface area (Å²) < 4.78 is 17.5. The molecule has 1 N–H and O–H groups in total. The number of pyridine rings is 1. The number of aryl methyl sites for hydroxylation is 1. The summed E-state index contributed by atoms with van der Waals surface area (Å²) in [5, 5.41) is 8.09. The van der Waals surface area contributed by atoms with Gasteiger partial charge < -0.3 is 19.5 Å². The molecule has 9 nitrogen and oxygen atoms in total. The van der Waals surface area contributed by atoms with Crippen LogP contribution in [-0.2, 0) is 4.74 Å². The third-order valence-electron chi connectivity index (χ3n) is 5.36. The molecule has 0 saturated heterocycles. The van der Waals surface area contributed by atoms with Crippen molar-refractivity contribution in [3.63, 3.8) is 0 Å². The van der Waals surface area contributed by atoms with Crippen molar-refractivity contribution < 1.29 is 23.8 Å². The van der Waals surface area contributed by atoms with Gasteiger partial charge in [-0.1, -0.05) is 12.1 Å². The van der Waals surface area contributed by atoms with Crippen LogP contribution in [0.25, 0.3) is 16.7 Å². The first-order valence-corrected chi connectivity index (χ1v) is 11.2. The second-order valence-corrected chi connectivity index (χ2v) is 7.60. The minimum absolute atomic E-state index is 0.116. The number of benzene rings is 2. The topological polar surface area (TPSA) is 105 Å². The van der Waals surface area contributed by atoms with Gasteiger partial charge >= 0.3 is 5.97 Å². The van der Waals surface area contributed by atoms with Crippen LogP contribution in [0.1, 0.15) is 40.1 Å². The summed E-state index contributed by atoms with van der Waals surface area (Å²) in [6.45, 7) is 6.25. The van der Waals surface area contributed by atoms with Crippen LogP contribution in [0.4, 0.5) is 5.82 Å². The van der Waals surface area contributed by atoms with E-state index in [1.165, 1.54) is 10.9 Å². The number of hydrogen-bond donors (Lipinski definition) is 1. The van der Waals surface area contributed by atoms with Crippen LogP contribution in [0.5, 0.6) is 11.5 Å². The molecule has 0 aliphatic heterocycles. The molecule has 0 radical (unpaired) electrons. The maximum absolute atomic E-state index is 13.1. The lowest BCUT2D eigenvalue weighted by Crippen LogP contribution is -2.18. The summed E-state index contributed by atoms with van der Waals surface area (Å²) in [6.07, 6.45) is 1.36. The highest BCUT2D eigenvalue weighted by molar-refractivity contribution is 6.07. The highest BCUT2D eigenvalue weighted by Gasteiger charge is 2.23. The number of carbonyl (C=O) groups excluding carboxylic acids is 2. The predicted molar refractivity (Wildman–Crippen MR) is 132 cm³/mol. The Morgan fingerprint density at radius 3 is 2.51 bits per heavy atom. The average Bonchev–Trinajstić information content (AvgIpc) is 3.28. The molecule has 0 fully saturated rings. The minimum Gasteiger partial charge on any atom is -0.494 e. The Morgan fingerprint density at radius 2 is 1.83 bits per heavy atom. The number of amides is 1. The van der Waals surface area contributed by atoms with Gasteiger partial charge in [0.15, 0.2) is 11.6 Å². The van der Waals surface area contributed by atoms with E-state index in [1.54, 1.807) is 38.3 Å². The SMILES string of the molecule is CCOC(=O)c1cnn(-c2cc(C)c3cccc(OC)c3n2)c1NC(=O)c1ccc(OCC)cc1. The fourth-order valence-electron chi connectivity index (χ4n) is 3.70. The van der Waals surface area contributed by atoms with E-state index < -0.39 is 11.9 Å². The molecule has 1 amide bonds. The molecule has 9 heteroatoms. The van der Waals surface area contributed by atoms with Crippen LogP contribution in [0.2, 0.25) is 0 Å². The molecule has 0 spiro atoms. The third kappa shape index (κ3) is 4.79. The molecule has 0 saturated carbocycles. The van der Waals surface area contributed by atoms with Gasteiger partial charge in [0.1, 0.15) is 22.6 Å². The van der Waals surface area contributed by atoms with Gasteiger partial charge in [-0.2, -0.15) is 9.78 Å². The van der Waals surface area contributed by atoms with Crippen LogP contribution < -0.4 is 14.8 Å². The van der Waals surface area contributed by atoms with Crippen molar-refractivity contribution in [2.24, 2.45) is 0 Å². The smallest absolute Gasteiger partial charge is 0.343 e. The fourth-order valence-corrected chi connectivity index (χ4v) is 3.70. The summed E-state index contributed by atoms with van der Waals surface area (Å²) in [4.78, 5) is 30.5. The Balaban J connectivity index is 1.79. The molecule has 0 aliphatic rings. The first-order valence-electron chi connectivity index (χ1n) is 11.2. The monoisotopic (exact) mass is 474 g/mol. The fraction of sp³-hybridized carbons (Fsp3) is 0.231. The van der Waals surface area contributed by atoms with Gasteiger partial charge in [0, 0.05) is 10.9 Å². The molecule has 0 unspecified atom stereocenters. The lowest BCUT2D eigenvalue weighted by Gasteiger charge is -2.13. The number of esters is 1. The zero-order valence-electron chi connectivity index (χ0n) is 20.0. The number of nitrogens with zero attached hydrogens (tertiary/aromatic N) is 3. The molecule has 2 heterocycles. The number of hydrogen-bond acceptors (Lipinski definition) is 7. The normalized spacial score (nSPS) is 10.7. The van der Waals surface area contributed by atoms with Crippen LogP contribution in [0, 0.1) is 6.92 Å². The maximum Gasteiger partial charge on any atom is 0.343 e. The van der Waals surface area contributed by atoms with Gasteiger partial charge in [-0.25, -0.2) is 9.78 Å². The Labute approximate surface area is 202 Å². The van der Waals surface area contributed by atoms with Crippen LogP contribution >= 0.6 is 0 Å². The predicted octanol–water partition coefficient (Wildman–Crippen LogP) is 4.57. The number of aromatic nitrogens is 3.